The fourth-order valence-corrected chi connectivity index (χ4v) is 19.2. The molecule has 0 atom stereocenters. The molecule has 106 heavy (non-hydrogen) atoms. The van der Waals surface area contributed by atoms with Crippen LogP contribution in [-0.4, -0.2) is 13.4 Å². The van der Waals surface area contributed by atoms with E-state index in [2.05, 4.69) is 413 Å². The minimum Gasteiger partial charge on any atom is -0.311 e. The van der Waals surface area contributed by atoms with Crippen molar-refractivity contribution in [3.8, 4) is 44.5 Å². The molecule has 0 spiro atoms. The van der Waals surface area contributed by atoms with E-state index in [-0.39, 0.29) is 24.3 Å². The number of para-hydroxylation sites is 5. The van der Waals surface area contributed by atoms with Crippen LogP contribution in [-0.2, 0) is 10.8 Å². The Morgan fingerprint density at radius 2 is 0.660 bits per heavy atom. The predicted octanol–water partition coefficient (Wildman–Crippen LogP) is 23.4. The molecule has 506 valence electrons. The standard InChI is InChI=1S/C98H76B2N4S2/c1-97(2,3)71-51-43-69(44-52-71)80-37-26-38-81(70-45-53-72(54-46-70)98(4,5)6)96(80)104-87-64-91-85(100-83-40-23-25-42-90(83)105-92-61-79(62-93(106-91)95(92)100)101(73-31-16-9-17-32-73)74-33-18-10-19-34-74)63-84(87)99-82-39-22-24-41-86(82)103(75-35-20-11-21-36-75)88-59-78(60-89(104)94(88)99)102(76-55-47-67(48-56-76)65-27-12-7-13-28-65)77-57-49-68(50-58-77)66-29-14-8-15-30-66/h7-64H,1-6H3. The van der Waals surface area contributed by atoms with Crippen molar-refractivity contribution in [3.63, 3.8) is 0 Å². The first-order chi connectivity index (χ1) is 51.8. The van der Waals surface area contributed by atoms with Gasteiger partial charge in [-0.15, -0.1) is 0 Å². The van der Waals surface area contributed by atoms with E-state index >= 15 is 0 Å². The molecule has 8 heteroatoms. The second-order valence-corrected chi connectivity index (χ2v) is 32.6. The quantitative estimate of drug-likeness (QED) is 0.112. The van der Waals surface area contributed by atoms with E-state index in [0.29, 0.717) is 0 Å². The van der Waals surface area contributed by atoms with Crippen molar-refractivity contribution in [2.24, 2.45) is 0 Å². The van der Waals surface area contributed by atoms with E-state index in [1.54, 1.807) is 0 Å². The third kappa shape index (κ3) is 11.4. The molecule has 15 aromatic carbocycles. The Bertz CT molecular complexity index is 5650. The van der Waals surface area contributed by atoms with Crippen LogP contribution in [0.15, 0.2) is 371 Å². The second-order valence-electron chi connectivity index (χ2n) is 30.4. The van der Waals surface area contributed by atoms with Crippen LogP contribution in [0.25, 0.3) is 44.5 Å². The number of nitrogens with zero attached hydrogens (tertiary/aromatic N) is 4. The van der Waals surface area contributed by atoms with Gasteiger partial charge in [0.1, 0.15) is 0 Å². The molecule has 0 N–H and O–H groups in total. The lowest BCUT2D eigenvalue weighted by molar-refractivity contribution is 0.590. The van der Waals surface area contributed by atoms with Crippen LogP contribution in [0.3, 0.4) is 0 Å². The highest BCUT2D eigenvalue weighted by Crippen LogP contribution is 2.54. The monoisotopic (exact) mass is 1390 g/mol. The lowest BCUT2D eigenvalue weighted by atomic mass is 9.31. The molecule has 4 heterocycles. The Morgan fingerprint density at radius 3 is 1.18 bits per heavy atom. The highest BCUT2D eigenvalue weighted by atomic mass is 32.2. The van der Waals surface area contributed by atoms with Crippen LogP contribution < -0.4 is 52.4 Å². The zero-order chi connectivity index (χ0) is 71.4. The number of hydrogen-bond acceptors (Lipinski definition) is 6. The maximum absolute atomic E-state index is 2.73. The first-order valence-corrected chi connectivity index (χ1v) is 38.6. The van der Waals surface area contributed by atoms with Crippen LogP contribution in [0.1, 0.15) is 52.7 Å². The molecular formula is C98H76B2N4S2. The van der Waals surface area contributed by atoms with E-state index < -0.39 is 0 Å². The molecule has 19 rings (SSSR count). The SMILES string of the molecule is CC(C)(C)c1ccc(-c2cccc(-c3ccc(C(C)(C)C)cc3)c2N2c3cc4c(cc3B3c5ccccc5N(c5ccccc5)c5cc(N(c6ccc(-c7ccccc7)cc6)c6ccc(-c7ccccc7)cc6)cc2c53)B2c3ccccc3Sc3cc(N(c5ccccc5)c5ccccc5)cc(c32)S4)cc1. The van der Waals surface area contributed by atoms with E-state index in [4.69, 9.17) is 0 Å². The normalized spacial score (nSPS) is 13.0. The molecule has 4 aliphatic heterocycles. The van der Waals surface area contributed by atoms with E-state index in [9.17, 15) is 0 Å². The Morgan fingerprint density at radius 1 is 0.255 bits per heavy atom. The summed E-state index contributed by atoms with van der Waals surface area (Å²) < 4.78 is 0. The average molecular weight is 1400 g/mol. The summed E-state index contributed by atoms with van der Waals surface area (Å²) in [5.74, 6) is 0. The topological polar surface area (TPSA) is 13.0 Å². The van der Waals surface area contributed by atoms with Crippen LogP contribution in [0, 0.1) is 0 Å². The number of hydrogen-bond donors (Lipinski definition) is 0. The Hall–Kier alpha value is -11.7. The molecular weight excluding hydrogens is 1320 g/mol. The lowest BCUT2D eigenvalue weighted by Gasteiger charge is -2.46. The molecule has 0 saturated carbocycles. The lowest BCUT2D eigenvalue weighted by Crippen LogP contribution is -2.64. The van der Waals surface area contributed by atoms with Crippen molar-refractivity contribution in [2.75, 3.05) is 19.6 Å². The van der Waals surface area contributed by atoms with Crippen LogP contribution in [0.2, 0.25) is 0 Å². The van der Waals surface area contributed by atoms with Gasteiger partial charge in [0.25, 0.3) is 6.71 Å². The van der Waals surface area contributed by atoms with Crippen molar-refractivity contribution in [3.05, 3.63) is 363 Å². The van der Waals surface area contributed by atoms with Crippen molar-refractivity contribution in [1.29, 1.82) is 0 Å². The summed E-state index contributed by atoms with van der Waals surface area (Å²) in [5, 5.41) is 0. The molecule has 0 amide bonds. The Kier molecular flexibility index (Phi) is 16.1. The molecule has 4 nitrogen and oxygen atoms in total. The molecule has 0 bridgehead atoms. The van der Waals surface area contributed by atoms with Crippen LogP contribution >= 0.6 is 23.5 Å². The summed E-state index contributed by atoms with van der Waals surface area (Å²) in [7, 11) is 0. The number of anilines is 12. The first-order valence-electron chi connectivity index (χ1n) is 36.9. The summed E-state index contributed by atoms with van der Waals surface area (Å²) in [4.78, 5) is 15.3. The molecule has 0 saturated heterocycles. The van der Waals surface area contributed by atoms with Gasteiger partial charge in [-0.1, -0.05) is 325 Å². The van der Waals surface area contributed by atoms with Crippen LogP contribution in [0.5, 0.6) is 0 Å². The fraction of sp³-hybridized carbons (Fsp3) is 0.0816. The Balaban J connectivity index is 0.927. The van der Waals surface area contributed by atoms with Crippen molar-refractivity contribution < 1.29 is 0 Å². The Labute approximate surface area is 632 Å². The number of benzene rings is 15. The second kappa shape index (κ2) is 26.2. The van der Waals surface area contributed by atoms with E-state index in [1.165, 1.54) is 74.6 Å². The van der Waals surface area contributed by atoms with Gasteiger partial charge < -0.3 is 19.6 Å². The molecule has 4 aliphatic rings. The largest absolute Gasteiger partial charge is 0.311 e. The summed E-state index contributed by atoms with van der Waals surface area (Å²) >= 11 is 3.85. The van der Waals surface area contributed by atoms with Crippen molar-refractivity contribution >= 4 is 138 Å². The van der Waals surface area contributed by atoms with Gasteiger partial charge in [0.2, 0.25) is 6.71 Å². The zero-order valence-electron chi connectivity index (χ0n) is 60.2. The van der Waals surface area contributed by atoms with Gasteiger partial charge in [-0.3, -0.25) is 0 Å². The van der Waals surface area contributed by atoms with Gasteiger partial charge >= 0.3 is 0 Å². The van der Waals surface area contributed by atoms with E-state index in [0.717, 1.165) is 102 Å². The van der Waals surface area contributed by atoms with Gasteiger partial charge in [-0.25, -0.2) is 0 Å². The highest BCUT2D eigenvalue weighted by molar-refractivity contribution is 8.01. The molecule has 0 aromatic heterocycles. The summed E-state index contributed by atoms with van der Waals surface area (Å²) in [6, 6.07) is 133. The maximum Gasteiger partial charge on any atom is 0.252 e. The third-order valence-corrected chi connectivity index (χ3v) is 24.1. The van der Waals surface area contributed by atoms with Crippen molar-refractivity contribution in [2.45, 2.75) is 72.0 Å². The van der Waals surface area contributed by atoms with Crippen LogP contribution in [0.4, 0.5) is 68.2 Å². The van der Waals surface area contributed by atoms with Gasteiger partial charge in [0, 0.05) is 87.6 Å². The highest BCUT2D eigenvalue weighted by Gasteiger charge is 2.48. The molecule has 0 fully saturated rings. The minimum absolute atomic E-state index is 0.0445. The smallest absolute Gasteiger partial charge is 0.252 e. The summed E-state index contributed by atoms with van der Waals surface area (Å²) in [6.07, 6.45) is 0. The molecule has 15 aromatic rings. The first kappa shape index (κ1) is 65.1. The third-order valence-electron chi connectivity index (χ3n) is 21.9. The van der Waals surface area contributed by atoms with E-state index in [1.807, 2.05) is 23.5 Å². The fourth-order valence-electron chi connectivity index (χ4n) is 16.7. The molecule has 0 radical (unpaired) electrons. The minimum atomic E-state index is -0.199. The van der Waals surface area contributed by atoms with Gasteiger partial charge in [0.05, 0.1) is 11.4 Å². The van der Waals surface area contributed by atoms with Crippen molar-refractivity contribution in [1.82, 2.24) is 0 Å². The summed E-state index contributed by atoms with van der Waals surface area (Å²) in [6.45, 7) is 13.6. The maximum atomic E-state index is 2.73. The number of rotatable bonds is 12. The summed E-state index contributed by atoms with van der Waals surface area (Å²) in [5.41, 5.74) is 32.8. The molecule has 0 aliphatic carbocycles. The zero-order valence-corrected chi connectivity index (χ0v) is 61.9. The number of fused-ring (bicyclic) bond motifs is 8. The molecule has 0 unspecified atom stereocenters. The predicted molar refractivity (Wildman–Crippen MR) is 455 cm³/mol. The van der Waals surface area contributed by atoms with Gasteiger partial charge in [-0.2, -0.15) is 0 Å². The van der Waals surface area contributed by atoms with Gasteiger partial charge in [-0.05, 0) is 180 Å². The average Bonchev–Trinajstić information content (AvgIpc) is 0.687. The van der Waals surface area contributed by atoms with Gasteiger partial charge in [0.15, 0.2) is 0 Å².